The van der Waals surface area contributed by atoms with Crippen LogP contribution in [-0.2, 0) is 6.54 Å². The predicted octanol–water partition coefficient (Wildman–Crippen LogP) is 1.85. The van der Waals surface area contributed by atoms with E-state index in [1.165, 1.54) is 25.7 Å². The number of rotatable bonds is 3. The highest BCUT2D eigenvalue weighted by atomic mass is 15.2. The van der Waals surface area contributed by atoms with Crippen LogP contribution in [0.2, 0.25) is 0 Å². The molecule has 15 heavy (non-hydrogen) atoms. The molecule has 2 saturated carbocycles. The van der Waals surface area contributed by atoms with E-state index >= 15 is 0 Å². The lowest BCUT2D eigenvalue weighted by Gasteiger charge is -2.04. The maximum Gasteiger partial charge on any atom is 0.127 e. The maximum atomic E-state index is 6.10. The average Bonchev–Trinajstić information content (AvgIpc) is 3.11. The van der Waals surface area contributed by atoms with Crippen LogP contribution in [0, 0.1) is 12.3 Å². The number of imidazole rings is 1. The minimum absolute atomic E-state index is 0.567. The second kappa shape index (κ2) is 3.03. The molecule has 0 saturated heterocycles. The SMILES string of the molecule is C#CCn1c(C2CC2)nc(C2CC2)c1N. The Morgan fingerprint density at radius 2 is 2.00 bits per heavy atom. The van der Waals surface area contributed by atoms with Gasteiger partial charge in [0.25, 0.3) is 0 Å². The van der Waals surface area contributed by atoms with Gasteiger partial charge in [0, 0.05) is 11.8 Å². The van der Waals surface area contributed by atoms with Gasteiger partial charge in [0.2, 0.25) is 0 Å². The Hall–Kier alpha value is -1.43. The number of nitrogen functional groups attached to an aromatic ring is 1. The van der Waals surface area contributed by atoms with Gasteiger partial charge < -0.3 is 10.3 Å². The third-order valence-electron chi connectivity index (χ3n) is 3.22. The molecule has 0 bridgehead atoms. The quantitative estimate of drug-likeness (QED) is 0.758. The van der Waals surface area contributed by atoms with Crippen molar-refractivity contribution in [3.8, 4) is 12.3 Å². The normalized spacial score (nSPS) is 20.2. The molecule has 2 fully saturated rings. The van der Waals surface area contributed by atoms with Crippen LogP contribution in [0.4, 0.5) is 5.82 Å². The van der Waals surface area contributed by atoms with Gasteiger partial charge in [-0.15, -0.1) is 6.42 Å². The first-order chi connectivity index (χ1) is 7.31. The van der Waals surface area contributed by atoms with Crippen LogP contribution in [0.25, 0.3) is 0 Å². The van der Waals surface area contributed by atoms with Gasteiger partial charge in [-0.2, -0.15) is 0 Å². The summed E-state index contributed by atoms with van der Waals surface area (Å²) in [5.41, 5.74) is 7.21. The van der Waals surface area contributed by atoms with Crippen LogP contribution in [-0.4, -0.2) is 9.55 Å². The van der Waals surface area contributed by atoms with Crippen molar-refractivity contribution in [3.05, 3.63) is 11.5 Å². The van der Waals surface area contributed by atoms with E-state index in [4.69, 9.17) is 17.1 Å². The lowest BCUT2D eigenvalue weighted by atomic mass is 10.3. The Bertz CT molecular complexity index is 430. The molecule has 2 N–H and O–H groups in total. The van der Waals surface area contributed by atoms with Gasteiger partial charge in [-0.1, -0.05) is 5.92 Å². The molecule has 1 aromatic heterocycles. The Morgan fingerprint density at radius 1 is 1.33 bits per heavy atom. The minimum atomic E-state index is 0.567. The van der Waals surface area contributed by atoms with E-state index in [0.29, 0.717) is 18.4 Å². The summed E-state index contributed by atoms with van der Waals surface area (Å²) in [4.78, 5) is 4.69. The molecule has 3 heteroatoms. The van der Waals surface area contributed by atoms with Gasteiger partial charge in [-0.25, -0.2) is 4.98 Å². The van der Waals surface area contributed by atoms with Crippen molar-refractivity contribution in [1.82, 2.24) is 9.55 Å². The second-order valence-corrected chi connectivity index (χ2v) is 4.58. The second-order valence-electron chi connectivity index (χ2n) is 4.58. The lowest BCUT2D eigenvalue weighted by Crippen LogP contribution is -2.05. The van der Waals surface area contributed by atoms with Crippen molar-refractivity contribution < 1.29 is 0 Å². The molecule has 78 valence electrons. The third kappa shape index (κ3) is 1.41. The summed E-state index contributed by atoms with van der Waals surface area (Å²) >= 11 is 0. The molecule has 0 unspecified atom stereocenters. The number of hydrogen-bond acceptors (Lipinski definition) is 2. The number of anilines is 1. The number of terminal acetylenes is 1. The monoisotopic (exact) mass is 201 g/mol. The zero-order valence-electron chi connectivity index (χ0n) is 8.74. The van der Waals surface area contributed by atoms with Gasteiger partial charge in [0.15, 0.2) is 0 Å². The fourth-order valence-corrected chi connectivity index (χ4v) is 2.07. The standard InChI is InChI=1S/C12H15N3/c1-2-7-15-11(13)10(8-3-4-8)14-12(15)9-5-6-9/h1,8-9H,3-7,13H2. The van der Waals surface area contributed by atoms with Gasteiger partial charge >= 0.3 is 0 Å². The van der Waals surface area contributed by atoms with Gasteiger partial charge in [0.1, 0.15) is 11.6 Å². The molecule has 0 aromatic carbocycles. The third-order valence-corrected chi connectivity index (χ3v) is 3.22. The predicted molar refractivity (Wildman–Crippen MR) is 59.4 cm³/mol. The zero-order chi connectivity index (χ0) is 10.4. The van der Waals surface area contributed by atoms with Gasteiger partial charge in [-0.05, 0) is 25.7 Å². The fourth-order valence-electron chi connectivity index (χ4n) is 2.07. The molecule has 0 amide bonds. The molecular weight excluding hydrogens is 186 g/mol. The molecule has 1 heterocycles. The summed E-state index contributed by atoms with van der Waals surface area (Å²) in [7, 11) is 0. The van der Waals surface area contributed by atoms with Crippen molar-refractivity contribution in [3.63, 3.8) is 0 Å². The Kier molecular flexibility index (Phi) is 1.79. The zero-order valence-corrected chi connectivity index (χ0v) is 8.74. The van der Waals surface area contributed by atoms with Crippen molar-refractivity contribution in [1.29, 1.82) is 0 Å². The van der Waals surface area contributed by atoms with Crippen molar-refractivity contribution in [2.75, 3.05) is 5.73 Å². The Morgan fingerprint density at radius 3 is 2.53 bits per heavy atom. The minimum Gasteiger partial charge on any atom is -0.384 e. The van der Waals surface area contributed by atoms with E-state index in [1.54, 1.807) is 0 Å². The largest absolute Gasteiger partial charge is 0.384 e. The highest BCUT2D eigenvalue weighted by molar-refractivity contribution is 5.44. The highest BCUT2D eigenvalue weighted by Gasteiger charge is 2.35. The van der Waals surface area contributed by atoms with Crippen LogP contribution in [0.15, 0.2) is 0 Å². The summed E-state index contributed by atoms with van der Waals surface area (Å²) in [5, 5.41) is 0. The topological polar surface area (TPSA) is 43.8 Å². The van der Waals surface area contributed by atoms with Gasteiger partial charge in [0.05, 0.1) is 12.2 Å². The van der Waals surface area contributed by atoms with E-state index < -0.39 is 0 Å². The van der Waals surface area contributed by atoms with E-state index in [0.717, 1.165) is 17.3 Å². The first-order valence-corrected chi connectivity index (χ1v) is 5.60. The molecule has 2 aliphatic carbocycles. The molecule has 0 aliphatic heterocycles. The summed E-state index contributed by atoms with van der Waals surface area (Å²) in [5.74, 6) is 5.84. The summed E-state index contributed by atoms with van der Waals surface area (Å²) in [6, 6.07) is 0. The Balaban J connectivity index is 2.03. The smallest absolute Gasteiger partial charge is 0.127 e. The molecule has 2 aliphatic rings. The lowest BCUT2D eigenvalue weighted by molar-refractivity contribution is 0.762. The number of hydrogen-bond donors (Lipinski definition) is 1. The first-order valence-electron chi connectivity index (χ1n) is 5.60. The molecule has 0 radical (unpaired) electrons. The van der Waals surface area contributed by atoms with E-state index in [-0.39, 0.29) is 0 Å². The van der Waals surface area contributed by atoms with E-state index in [2.05, 4.69) is 5.92 Å². The molecule has 0 atom stereocenters. The van der Waals surface area contributed by atoms with E-state index in [1.807, 2.05) is 4.57 Å². The van der Waals surface area contributed by atoms with Crippen LogP contribution in [0.1, 0.15) is 49.0 Å². The molecular formula is C12H15N3. The van der Waals surface area contributed by atoms with Crippen molar-refractivity contribution >= 4 is 5.82 Å². The summed E-state index contributed by atoms with van der Waals surface area (Å²) in [6.45, 7) is 0.567. The summed E-state index contributed by atoms with van der Waals surface area (Å²) in [6.07, 6.45) is 10.3. The van der Waals surface area contributed by atoms with Crippen LogP contribution in [0.5, 0.6) is 0 Å². The van der Waals surface area contributed by atoms with Crippen LogP contribution >= 0.6 is 0 Å². The highest BCUT2D eigenvalue weighted by Crippen LogP contribution is 2.46. The van der Waals surface area contributed by atoms with E-state index in [9.17, 15) is 0 Å². The summed E-state index contributed by atoms with van der Waals surface area (Å²) < 4.78 is 2.03. The number of nitrogens with zero attached hydrogens (tertiary/aromatic N) is 2. The molecule has 0 spiro atoms. The van der Waals surface area contributed by atoms with Crippen molar-refractivity contribution in [2.45, 2.75) is 44.1 Å². The number of aromatic nitrogens is 2. The van der Waals surface area contributed by atoms with Crippen LogP contribution in [0.3, 0.4) is 0 Å². The fraction of sp³-hybridized carbons (Fsp3) is 0.583. The van der Waals surface area contributed by atoms with Crippen LogP contribution < -0.4 is 5.73 Å². The molecule has 3 nitrogen and oxygen atoms in total. The average molecular weight is 201 g/mol. The first kappa shape index (κ1) is 8.84. The maximum absolute atomic E-state index is 6.10. The number of nitrogens with two attached hydrogens (primary N) is 1. The van der Waals surface area contributed by atoms with Gasteiger partial charge in [-0.3, -0.25) is 0 Å². The Labute approximate surface area is 89.7 Å². The molecule has 3 rings (SSSR count). The van der Waals surface area contributed by atoms with Crippen molar-refractivity contribution in [2.24, 2.45) is 0 Å². The molecule has 1 aromatic rings.